The van der Waals surface area contributed by atoms with E-state index in [1.807, 2.05) is 30.8 Å². The molecule has 5 heteroatoms. The summed E-state index contributed by atoms with van der Waals surface area (Å²) in [6.07, 6.45) is 4.39. The molecule has 0 saturated heterocycles. The summed E-state index contributed by atoms with van der Waals surface area (Å²) < 4.78 is 7.22. The van der Waals surface area contributed by atoms with Crippen molar-refractivity contribution in [3.05, 3.63) is 47.8 Å². The molecule has 2 rings (SSSR count). The van der Waals surface area contributed by atoms with Crippen LogP contribution in [0.4, 0.5) is 0 Å². The number of aryl methyl sites for hydroxylation is 1. The van der Waals surface area contributed by atoms with Crippen molar-refractivity contribution in [3.63, 3.8) is 0 Å². The molecule has 0 aliphatic heterocycles. The predicted molar refractivity (Wildman–Crippen MR) is 135 cm³/mol. The Labute approximate surface area is 199 Å². The van der Waals surface area contributed by atoms with E-state index < -0.39 is 0 Å². The number of amides is 1. The molecule has 2 aromatic rings. The van der Waals surface area contributed by atoms with Crippen LogP contribution in [0.1, 0.15) is 77.4 Å². The Morgan fingerprint density at radius 3 is 2.21 bits per heavy atom. The Kier molecular flexibility index (Phi) is 8.93. The van der Waals surface area contributed by atoms with E-state index >= 15 is 0 Å². The molecule has 1 amide bonds. The minimum Gasteiger partial charge on any atom is -0.465 e. The number of benzene rings is 1. The zero-order valence-electron chi connectivity index (χ0n) is 21.7. The molecular weight excluding hydrogens is 412 g/mol. The van der Waals surface area contributed by atoms with Crippen molar-refractivity contribution in [1.29, 1.82) is 0 Å². The van der Waals surface area contributed by atoms with Gasteiger partial charge in [0.2, 0.25) is 0 Å². The minimum absolute atomic E-state index is 0.0921. The summed E-state index contributed by atoms with van der Waals surface area (Å²) in [5.74, 6) is -0.415. The van der Waals surface area contributed by atoms with Crippen LogP contribution in [-0.4, -0.2) is 29.6 Å². The van der Waals surface area contributed by atoms with Crippen LogP contribution < -0.4 is 5.32 Å². The van der Waals surface area contributed by atoms with Crippen molar-refractivity contribution >= 4 is 11.9 Å². The molecule has 33 heavy (non-hydrogen) atoms. The van der Waals surface area contributed by atoms with Gasteiger partial charge in [0.25, 0.3) is 5.91 Å². The number of hydrogen-bond donors (Lipinski definition) is 1. The Bertz CT molecular complexity index is 928. The number of carbonyl (C=O) groups is 2. The van der Waals surface area contributed by atoms with E-state index in [1.54, 1.807) is 0 Å². The maximum atomic E-state index is 12.6. The van der Waals surface area contributed by atoms with E-state index in [0.29, 0.717) is 25.3 Å². The van der Waals surface area contributed by atoms with Gasteiger partial charge in [0.05, 0.1) is 12.5 Å². The summed E-state index contributed by atoms with van der Waals surface area (Å²) in [6, 6.07) is 10.5. The quantitative estimate of drug-likeness (QED) is 0.372. The van der Waals surface area contributed by atoms with Crippen LogP contribution in [0, 0.1) is 16.7 Å². The molecule has 0 bridgehead atoms. The van der Waals surface area contributed by atoms with E-state index in [2.05, 4.69) is 71.1 Å². The third kappa shape index (κ3) is 9.07. The van der Waals surface area contributed by atoms with E-state index in [9.17, 15) is 9.59 Å². The molecule has 1 N–H and O–H groups in total. The number of carbonyl (C=O) groups excluding carboxylic acids is 2. The van der Waals surface area contributed by atoms with Crippen molar-refractivity contribution in [2.24, 2.45) is 23.8 Å². The highest BCUT2D eigenvalue weighted by atomic mass is 16.5. The van der Waals surface area contributed by atoms with Crippen LogP contribution in [0.3, 0.4) is 0 Å². The fraction of sp³-hybridized carbons (Fsp3) is 0.571. The fourth-order valence-electron chi connectivity index (χ4n) is 4.06. The van der Waals surface area contributed by atoms with Gasteiger partial charge in [-0.3, -0.25) is 9.59 Å². The van der Waals surface area contributed by atoms with Crippen LogP contribution in [0.25, 0.3) is 11.1 Å². The zero-order valence-corrected chi connectivity index (χ0v) is 21.7. The molecule has 0 saturated carbocycles. The van der Waals surface area contributed by atoms with Gasteiger partial charge < -0.3 is 14.6 Å². The van der Waals surface area contributed by atoms with E-state index in [-0.39, 0.29) is 28.6 Å². The average molecular weight is 455 g/mol. The monoisotopic (exact) mass is 454 g/mol. The highest BCUT2D eigenvalue weighted by Crippen LogP contribution is 2.26. The molecule has 1 aromatic heterocycles. The zero-order chi connectivity index (χ0) is 24.8. The van der Waals surface area contributed by atoms with Crippen molar-refractivity contribution in [2.45, 2.75) is 67.7 Å². The van der Waals surface area contributed by atoms with Crippen molar-refractivity contribution in [2.75, 3.05) is 13.2 Å². The predicted octanol–water partition coefficient (Wildman–Crippen LogP) is 6.02. The number of hydrogen-bond acceptors (Lipinski definition) is 3. The summed E-state index contributed by atoms with van der Waals surface area (Å²) in [4.78, 5) is 24.7. The van der Waals surface area contributed by atoms with Gasteiger partial charge >= 0.3 is 5.97 Å². The molecule has 0 radical (unpaired) electrons. The van der Waals surface area contributed by atoms with Gasteiger partial charge in [0, 0.05) is 25.4 Å². The molecule has 0 fully saturated rings. The molecule has 182 valence electrons. The molecule has 1 heterocycles. The maximum absolute atomic E-state index is 12.6. The van der Waals surface area contributed by atoms with Gasteiger partial charge in [-0.05, 0) is 47.3 Å². The molecule has 0 aliphatic carbocycles. The number of nitrogens with one attached hydrogen (secondary N) is 1. The van der Waals surface area contributed by atoms with Gasteiger partial charge in [-0.2, -0.15) is 0 Å². The summed E-state index contributed by atoms with van der Waals surface area (Å²) in [7, 11) is 1.88. The van der Waals surface area contributed by atoms with Crippen molar-refractivity contribution < 1.29 is 14.3 Å². The first-order valence-electron chi connectivity index (χ1n) is 12.0. The lowest BCUT2D eigenvalue weighted by molar-refractivity contribution is -0.149. The number of aromatic nitrogens is 1. The van der Waals surface area contributed by atoms with Crippen LogP contribution in [0.15, 0.2) is 36.5 Å². The average Bonchev–Trinajstić information content (AvgIpc) is 3.07. The summed E-state index contributed by atoms with van der Waals surface area (Å²) >= 11 is 0. The Morgan fingerprint density at radius 1 is 1.00 bits per heavy atom. The van der Waals surface area contributed by atoms with E-state index in [0.717, 1.165) is 24.0 Å². The summed E-state index contributed by atoms with van der Waals surface area (Å²) in [5.41, 5.74) is 4.38. The van der Waals surface area contributed by atoms with Gasteiger partial charge in [-0.15, -0.1) is 0 Å². The fourth-order valence-corrected chi connectivity index (χ4v) is 4.06. The first-order chi connectivity index (χ1) is 15.2. The third-order valence-electron chi connectivity index (χ3n) is 5.43. The molecule has 0 unspecified atom stereocenters. The summed E-state index contributed by atoms with van der Waals surface area (Å²) in [5, 5.41) is 2.93. The van der Waals surface area contributed by atoms with Gasteiger partial charge in [-0.1, -0.05) is 72.7 Å². The van der Waals surface area contributed by atoms with Crippen molar-refractivity contribution in [1.82, 2.24) is 9.88 Å². The normalized spacial score (nSPS) is 13.0. The lowest BCUT2D eigenvalue weighted by atomic mass is 9.85. The molecular formula is C28H42N2O3. The Balaban J connectivity index is 1.84. The topological polar surface area (TPSA) is 60.3 Å². The standard InChI is InChI=1S/C28H42N2O3/c1-20(17-27(2,3)4)26(32)33-15-9-14-29-25(31)24-16-23(19-30(24)8)22-12-10-21(11-13-22)18-28(5,6)7/h10-13,16,19-20H,9,14-15,17-18H2,1-8H3,(H,29,31)/t20-/m0/s1. The number of ether oxygens (including phenoxy) is 1. The molecule has 0 spiro atoms. The van der Waals surface area contributed by atoms with Crippen LogP contribution in [-0.2, 0) is 23.0 Å². The molecule has 1 atom stereocenters. The Hall–Kier alpha value is -2.56. The van der Waals surface area contributed by atoms with E-state index in [1.165, 1.54) is 5.56 Å². The molecule has 0 aliphatic rings. The first-order valence-corrected chi connectivity index (χ1v) is 12.0. The van der Waals surface area contributed by atoms with Gasteiger partial charge in [-0.25, -0.2) is 0 Å². The third-order valence-corrected chi connectivity index (χ3v) is 5.43. The smallest absolute Gasteiger partial charge is 0.308 e. The second-order valence-corrected chi connectivity index (χ2v) is 11.6. The SMILES string of the molecule is C[C@@H](CC(C)(C)C)C(=O)OCCCNC(=O)c1cc(-c2ccc(CC(C)(C)C)cc2)cn1C. The lowest BCUT2D eigenvalue weighted by Crippen LogP contribution is -2.27. The highest BCUT2D eigenvalue weighted by Gasteiger charge is 2.22. The Morgan fingerprint density at radius 2 is 1.64 bits per heavy atom. The number of rotatable bonds is 9. The van der Waals surface area contributed by atoms with Gasteiger partial charge in [0.1, 0.15) is 5.69 Å². The van der Waals surface area contributed by atoms with Gasteiger partial charge in [0.15, 0.2) is 0 Å². The largest absolute Gasteiger partial charge is 0.465 e. The highest BCUT2D eigenvalue weighted by molar-refractivity contribution is 5.94. The summed E-state index contributed by atoms with van der Waals surface area (Å²) in [6.45, 7) is 15.7. The molecule has 5 nitrogen and oxygen atoms in total. The minimum atomic E-state index is -0.170. The second kappa shape index (κ2) is 11.0. The first kappa shape index (κ1) is 26.7. The van der Waals surface area contributed by atoms with Crippen LogP contribution >= 0.6 is 0 Å². The maximum Gasteiger partial charge on any atom is 0.308 e. The lowest BCUT2D eigenvalue weighted by Gasteiger charge is -2.22. The number of nitrogens with zero attached hydrogens (tertiary/aromatic N) is 1. The molecule has 1 aromatic carbocycles. The van der Waals surface area contributed by atoms with Crippen molar-refractivity contribution in [3.8, 4) is 11.1 Å². The van der Waals surface area contributed by atoms with E-state index in [4.69, 9.17) is 4.74 Å². The second-order valence-electron chi connectivity index (χ2n) is 11.6. The van der Waals surface area contributed by atoms with Crippen LogP contribution in [0.2, 0.25) is 0 Å². The number of esters is 1. The van der Waals surface area contributed by atoms with Crippen LogP contribution in [0.5, 0.6) is 0 Å².